The van der Waals surface area contributed by atoms with Gasteiger partial charge < -0.3 is 15.4 Å². The first-order valence-electron chi connectivity index (χ1n) is 8.83. The Morgan fingerprint density at radius 2 is 1.76 bits per heavy atom. The Balaban J connectivity index is 1.92. The van der Waals surface area contributed by atoms with Crippen LogP contribution in [0.4, 0.5) is 11.4 Å². The zero-order valence-corrected chi connectivity index (χ0v) is 16.8. The van der Waals surface area contributed by atoms with E-state index in [0.29, 0.717) is 16.9 Å². The molecular formula is C21H21N3O4S. The maximum absolute atomic E-state index is 12.3. The van der Waals surface area contributed by atoms with Gasteiger partial charge in [-0.2, -0.15) is 0 Å². The Labute approximate surface area is 174 Å². The molecule has 8 heteroatoms. The molecule has 0 atom stereocenters. The zero-order chi connectivity index (χ0) is 21.2. The van der Waals surface area contributed by atoms with Crippen LogP contribution in [0.25, 0.3) is 0 Å². The van der Waals surface area contributed by atoms with E-state index in [0.717, 1.165) is 17.7 Å². The fourth-order valence-electron chi connectivity index (χ4n) is 2.32. The molecule has 3 N–H and O–H groups in total. The Morgan fingerprint density at radius 3 is 2.41 bits per heavy atom. The van der Waals surface area contributed by atoms with Crippen LogP contribution in [0.2, 0.25) is 0 Å². The van der Waals surface area contributed by atoms with Gasteiger partial charge in [0.15, 0.2) is 5.11 Å². The van der Waals surface area contributed by atoms with E-state index in [9.17, 15) is 14.4 Å². The normalized spacial score (nSPS) is 10.3. The molecule has 2 aromatic carbocycles. The van der Waals surface area contributed by atoms with E-state index in [4.69, 9.17) is 12.2 Å². The number of thiocarbonyl (C=S) groups is 1. The lowest BCUT2D eigenvalue weighted by molar-refractivity contribution is -0.137. The average Bonchev–Trinajstić information content (AvgIpc) is 2.69. The van der Waals surface area contributed by atoms with Gasteiger partial charge in [-0.3, -0.25) is 14.9 Å². The Bertz CT molecular complexity index is 942. The van der Waals surface area contributed by atoms with E-state index >= 15 is 0 Å². The molecule has 0 saturated heterocycles. The van der Waals surface area contributed by atoms with Crippen molar-refractivity contribution in [2.75, 3.05) is 17.2 Å². The monoisotopic (exact) mass is 411 g/mol. The van der Waals surface area contributed by atoms with Crippen LogP contribution in [0.5, 0.6) is 0 Å². The molecule has 0 saturated carbocycles. The van der Waals surface area contributed by atoms with Crippen LogP contribution in [-0.4, -0.2) is 29.5 Å². The SMILES string of the molecule is CCOC(=O)/C=C/C(=O)NC(=S)Nc1ccc(NC(=O)c2ccccc2)c(C)c1. The molecule has 0 bridgehead atoms. The van der Waals surface area contributed by atoms with Crippen molar-refractivity contribution in [2.45, 2.75) is 13.8 Å². The lowest BCUT2D eigenvalue weighted by Gasteiger charge is -2.12. The highest BCUT2D eigenvalue weighted by Gasteiger charge is 2.09. The van der Waals surface area contributed by atoms with Gasteiger partial charge in [-0.25, -0.2) is 4.79 Å². The van der Waals surface area contributed by atoms with Crippen molar-refractivity contribution < 1.29 is 19.1 Å². The molecule has 0 aliphatic carbocycles. The molecule has 7 nitrogen and oxygen atoms in total. The second-order valence-electron chi connectivity index (χ2n) is 5.88. The molecule has 0 heterocycles. The fraction of sp³-hybridized carbons (Fsp3) is 0.143. The van der Waals surface area contributed by atoms with E-state index < -0.39 is 11.9 Å². The lowest BCUT2D eigenvalue weighted by atomic mass is 10.1. The van der Waals surface area contributed by atoms with Crippen molar-refractivity contribution in [2.24, 2.45) is 0 Å². The number of rotatable bonds is 6. The molecule has 2 rings (SSSR count). The number of benzene rings is 2. The van der Waals surface area contributed by atoms with Crippen molar-refractivity contribution in [1.29, 1.82) is 0 Å². The summed E-state index contributed by atoms with van der Waals surface area (Å²) in [6, 6.07) is 14.2. The summed E-state index contributed by atoms with van der Waals surface area (Å²) in [6.07, 6.45) is 2.06. The number of ether oxygens (including phenoxy) is 1. The van der Waals surface area contributed by atoms with Crippen LogP contribution in [0.15, 0.2) is 60.7 Å². The number of aryl methyl sites for hydroxylation is 1. The maximum Gasteiger partial charge on any atom is 0.330 e. The van der Waals surface area contributed by atoms with Gasteiger partial charge in [-0.15, -0.1) is 0 Å². The third-order valence-corrected chi connectivity index (χ3v) is 3.87. The molecule has 0 spiro atoms. The summed E-state index contributed by atoms with van der Waals surface area (Å²) >= 11 is 5.09. The van der Waals surface area contributed by atoms with Gasteiger partial charge in [0.25, 0.3) is 5.91 Å². The van der Waals surface area contributed by atoms with Crippen molar-refractivity contribution >= 4 is 46.5 Å². The number of amides is 2. The average molecular weight is 411 g/mol. The van der Waals surface area contributed by atoms with Crippen molar-refractivity contribution in [1.82, 2.24) is 5.32 Å². The number of esters is 1. The molecule has 0 aliphatic heterocycles. The van der Waals surface area contributed by atoms with Gasteiger partial charge in [0.05, 0.1) is 6.61 Å². The molecule has 0 unspecified atom stereocenters. The number of hydrogen-bond donors (Lipinski definition) is 3. The van der Waals surface area contributed by atoms with Gasteiger partial charge in [0.2, 0.25) is 5.91 Å². The Hall–Kier alpha value is -3.52. The lowest BCUT2D eigenvalue weighted by Crippen LogP contribution is -2.33. The summed E-state index contributed by atoms with van der Waals surface area (Å²) in [5.74, 6) is -1.37. The summed E-state index contributed by atoms with van der Waals surface area (Å²) in [7, 11) is 0. The molecule has 2 amide bonds. The fourth-order valence-corrected chi connectivity index (χ4v) is 2.53. The minimum atomic E-state index is -0.606. The minimum absolute atomic E-state index is 0.0731. The summed E-state index contributed by atoms with van der Waals surface area (Å²) < 4.78 is 4.69. The van der Waals surface area contributed by atoms with Gasteiger partial charge in [-0.05, 0) is 62.0 Å². The smallest absolute Gasteiger partial charge is 0.330 e. The molecule has 150 valence electrons. The van der Waals surface area contributed by atoms with Crippen molar-refractivity contribution in [3.05, 3.63) is 71.8 Å². The maximum atomic E-state index is 12.3. The zero-order valence-electron chi connectivity index (χ0n) is 16.0. The van der Waals surface area contributed by atoms with Gasteiger partial charge in [-0.1, -0.05) is 18.2 Å². The highest BCUT2D eigenvalue weighted by molar-refractivity contribution is 7.80. The number of anilines is 2. The largest absolute Gasteiger partial charge is 0.463 e. The molecule has 0 fully saturated rings. The van der Waals surface area contributed by atoms with Crippen LogP contribution in [-0.2, 0) is 14.3 Å². The molecule has 29 heavy (non-hydrogen) atoms. The summed E-state index contributed by atoms with van der Waals surface area (Å²) in [6.45, 7) is 3.74. The second kappa shape index (κ2) is 10.7. The highest BCUT2D eigenvalue weighted by Crippen LogP contribution is 2.20. The molecule has 0 aromatic heterocycles. The van der Waals surface area contributed by atoms with Crippen LogP contribution in [0.3, 0.4) is 0 Å². The van der Waals surface area contributed by atoms with Crippen LogP contribution in [0, 0.1) is 6.92 Å². The minimum Gasteiger partial charge on any atom is -0.463 e. The van der Waals surface area contributed by atoms with E-state index in [1.165, 1.54) is 0 Å². The predicted octanol–water partition coefficient (Wildman–Crippen LogP) is 3.18. The third kappa shape index (κ3) is 7.19. The van der Waals surface area contributed by atoms with Crippen molar-refractivity contribution in [3.8, 4) is 0 Å². The highest BCUT2D eigenvalue weighted by atomic mass is 32.1. The molecule has 2 aromatic rings. The summed E-state index contributed by atoms with van der Waals surface area (Å²) in [5, 5.41) is 8.23. The number of carbonyl (C=O) groups is 3. The Kier molecular flexibility index (Phi) is 8.05. The Morgan fingerprint density at radius 1 is 1.03 bits per heavy atom. The van der Waals surface area contributed by atoms with E-state index in [1.807, 2.05) is 13.0 Å². The topological polar surface area (TPSA) is 96.5 Å². The standard InChI is InChI=1S/C21H21N3O4S/c1-3-28-19(26)12-11-18(25)24-21(29)22-16-9-10-17(14(2)13-16)23-20(27)15-7-5-4-6-8-15/h4-13H,3H2,1-2H3,(H,23,27)(H2,22,24,25,29)/b12-11+. The van der Waals surface area contributed by atoms with Crippen molar-refractivity contribution in [3.63, 3.8) is 0 Å². The number of carbonyl (C=O) groups excluding carboxylic acids is 3. The number of nitrogens with one attached hydrogen (secondary N) is 3. The third-order valence-electron chi connectivity index (χ3n) is 3.66. The van der Waals surface area contributed by atoms with E-state index in [1.54, 1.807) is 49.4 Å². The van der Waals surface area contributed by atoms with E-state index in [-0.39, 0.29) is 17.6 Å². The molecule has 0 radical (unpaired) electrons. The summed E-state index contributed by atoms with van der Waals surface area (Å²) in [4.78, 5) is 35.2. The van der Waals surface area contributed by atoms with Crippen LogP contribution >= 0.6 is 12.2 Å². The first kappa shape index (κ1) is 21.8. The van der Waals surface area contributed by atoms with Crippen LogP contribution in [0.1, 0.15) is 22.8 Å². The van der Waals surface area contributed by atoms with Gasteiger partial charge >= 0.3 is 5.97 Å². The van der Waals surface area contributed by atoms with Gasteiger partial charge in [0, 0.05) is 29.1 Å². The van der Waals surface area contributed by atoms with E-state index in [2.05, 4.69) is 20.7 Å². The predicted molar refractivity (Wildman–Crippen MR) is 116 cm³/mol. The molecule has 0 aliphatic rings. The summed E-state index contributed by atoms with van der Waals surface area (Å²) in [5.41, 5.74) is 2.68. The quantitative estimate of drug-likeness (QED) is 0.384. The molecular weight excluding hydrogens is 390 g/mol. The first-order chi connectivity index (χ1) is 13.9. The second-order valence-corrected chi connectivity index (χ2v) is 6.29. The number of hydrogen-bond acceptors (Lipinski definition) is 5. The van der Waals surface area contributed by atoms with Gasteiger partial charge in [0.1, 0.15) is 0 Å². The van der Waals surface area contributed by atoms with Crippen LogP contribution < -0.4 is 16.0 Å². The first-order valence-corrected chi connectivity index (χ1v) is 9.23.